The molecular formula is C16H22N2O2. The number of carbonyl (C=O) groups is 1. The van der Waals surface area contributed by atoms with Crippen molar-refractivity contribution in [2.45, 2.75) is 39.7 Å². The van der Waals surface area contributed by atoms with E-state index in [9.17, 15) is 9.90 Å². The minimum absolute atomic E-state index is 0.280. The third kappa shape index (κ3) is 2.56. The van der Waals surface area contributed by atoms with Crippen LogP contribution < -0.4 is 5.73 Å². The summed E-state index contributed by atoms with van der Waals surface area (Å²) in [6.07, 6.45) is 0.919. The van der Waals surface area contributed by atoms with Gasteiger partial charge in [0.2, 0.25) is 0 Å². The molecule has 0 radical (unpaired) electrons. The van der Waals surface area contributed by atoms with Crippen LogP contribution in [0.4, 0.5) is 0 Å². The van der Waals surface area contributed by atoms with E-state index in [4.69, 9.17) is 5.73 Å². The van der Waals surface area contributed by atoms with Crippen LogP contribution in [0.25, 0.3) is 10.9 Å². The fraction of sp³-hybridized carbons (Fsp3) is 0.438. The number of rotatable bonds is 5. The van der Waals surface area contributed by atoms with E-state index >= 15 is 0 Å². The van der Waals surface area contributed by atoms with E-state index < -0.39 is 5.97 Å². The molecule has 1 heterocycles. The number of fused-ring (bicyclic) bond motifs is 1. The van der Waals surface area contributed by atoms with Crippen molar-refractivity contribution in [2.24, 2.45) is 5.73 Å². The molecule has 0 amide bonds. The summed E-state index contributed by atoms with van der Waals surface area (Å²) < 4.78 is 2.25. The maximum Gasteiger partial charge on any atom is 0.335 e. The van der Waals surface area contributed by atoms with Crippen molar-refractivity contribution in [1.29, 1.82) is 0 Å². The van der Waals surface area contributed by atoms with Gasteiger partial charge in [0, 0.05) is 17.6 Å². The highest BCUT2D eigenvalue weighted by molar-refractivity contribution is 5.95. The van der Waals surface area contributed by atoms with E-state index in [0.717, 1.165) is 35.1 Å². The first kappa shape index (κ1) is 14.6. The van der Waals surface area contributed by atoms with Crippen LogP contribution in [-0.2, 0) is 6.54 Å². The van der Waals surface area contributed by atoms with Crippen LogP contribution in [0, 0.1) is 6.92 Å². The maximum atomic E-state index is 11.3. The molecule has 20 heavy (non-hydrogen) atoms. The molecular weight excluding hydrogens is 252 g/mol. The Kier molecular flexibility index (Phi) is 4.14. The quantitative estimate of drug-likeness (QED) is 0.880. The molecule has 0 aliphatic carbocycles. The second-order valence-electron chi connectivity index (χ2n) is 5.54. The van der Waals surface area contributed by atoms with Crippen molar-refractivity contribution in [1.82, 2.24) is 4.57 Å². The molecule has 1 aromatic carbocycles. The number of carboxylic acid groups (broad SMARTS) is 1. The van der Waals surface area contributed by atoms with Crippen molar-refractivity contribution >= 4 is 16.9 Å². The summed E-state index contributed by atoms with van der Waals surface area (Å²) in [6, 6.07) is 5.62. The summed E-state index contributed by atoms with van der Waals surface area (Å²) >= 11 is 0. The second kappa shape index (κ2) is 5.67. The maximum absolute atomic E-state index is 11.3. The number of benzene rings is 1. The summed E-state index contributed by atoms with van der Waals surface area (Å²) in [7, 11) is 0. The average molecular weight is 274 g/mol. The molecule has 3 N–H and O–H groups in total. The molecule has 0 atom stereocenters. The number of hydrogen-bond donors (Lipinski definition) is 2. The molecule has 108 valence electrons. The van der Waals surface area contributed by atoms with Crippen LogP contribution in [0.3, 0.4) is 0 Å². The van der Waals surface area contributed by atoms with Gasteiger partial charge in [-0.2, -0.15) is 0 Å². The van der Waals surface area contributed by atoms with Gasteiger partial charge in [-0.25, -0.2) is 4.79 Å². The molecule has 4 nitrogen and oxygen atoms in total. The number of hydrogen-bond acceptors (Lipinski definition) is 2. The highest BCUT2D eigenvalue weighted by atomic mass is 16.4. The zero-order chi connectivity index (χ0) is 14.9. The van der Waals surface area contributed by atoms with Gasteiger partial charge in [0.1, 0.15) is 0 Å². The fourth-order valence-electron chi connectivity index (χ4n) is 2.68. The number of aromatic nitrogens is 1. The number of aryl methyl sites for hydroxylation is 2. The van der Waals surface area contributed by atoms with Gasteiger partial charge in [-0.1, -0.05) is 13.8 Å². The van der Waals surface area contributed by atoms with E-state index in [1.165, 1.54) is 0 Å². The van der Waals surface area contributed by atoms with Crippen molar-refractivity contribution in [3.05, 3.63) is 35.0 Å². The molecule has 0 bridgehead atoms. The normalized spacial score (nSPS) is 11.4. The van der Waals surface area contributed by atoms with Gasteiger partial charge < -0.3 is 15.4 Å². The molecule has 0 saturated heterocycles. The van der Waals surface area contributed by atoms with E-state index in [2.05, 4.69) is 31.4 Å². The second-order valence-corrected chi connectivity index (χ2v) is 5.54. The predicted octanol–water partition coefficient (Wildman–Crippen LogP) is 3.12. The lowest BCUT2D eigenvalue weighted by Gasteiger charge is -2.14. The fourth-order valence-corrected chi connectivity index (χ4v) is 2.68. The topological polar surface area (TPSA) is 68.2 Å². The first-order valence-electron chi connectivity index (χ1n) is 7.02. The third-order valence-corrected chi connectivity index (χ3v) is 3.68. The molecule has 1 aromatic heterocycles. The van der Waals surface area contributed by atoms with Crippen LogP contribution >= 0.6 is 0 Å². The van der Waals surface area contributed by atoms with E-state index in [-0.39, 0.29) is 5.92 Å². The Balaban J connectivity index is 2.70. The number of nitrogens with zero attached hydrogens (tertiary/aromatic N) is 1. The third-order valence-electron chi connectivity index (χ3n) is 3.68. The van der Waals surface area contributed by atoms with Gasteiger partial charge >= 0.3 is 5.97 Å². The summed E-state index contributed by atoms with van der Waals surface area (Å²) in [5, 5.41) is 10.2. The van der Waals surface area contributed by atoms with Gasteiger partial charge in [-0.05, 0) is 49.6 Å². The van der Waals surface area contributed by atoms with Crippen molar-refractivity contribution in [3.63, 3.8) is 0 Å². The molecule has 0 spiro atoms. The highest BCUT2D eigenvalue weighted by Gasteiger charge is 2.16. The van der Waals surface area contributed by atoms with Gasteiger partial charge in [0.05, 0.1) is 11.1 Å². The molecule has 2 rings (SSSR count). The highest BCUT2D eigenvalue weighted by Crippen LogP contribution is 2.30. The van der Waals surface area contributed by atoms with Crippen molar-refractivity contribution in [2.75, 3.05) is 6.54 Å². The molecule has 0 aliphatic rings. The molecule has 2 aromatic rings. The van der Waals surface area contributed by atoms with Crippen LogP contribution in [0.15, 0.2) is 18.2 Å². The monoisotopic (exact) mass is 274 g/mol. The smallest absolute Gasteiger partial charge is 0.335 e. The Morgan fingerprint density at radius 2 is 2.05 bits per heavy atom. The van der Waals surface area contributed by atoms with E-state index in [1.807, 2.05) is 0 Å². The van der Waals surface area contributed by atoms with Crippen LogP contribution in [0.1, 0.15) is 47.8 Å². The summed E-state index contributed by atoms with van der Waals surface area (Å²) in [5.74, 6) is -0.594. The predicted molar refractivity (Wildman–Crippen MR) is 81.4 cm³/mol. The van der Waals surface area contributed by atoms with E-state index in [0.29, 0.717) is 12.1 Å². The minimum atomic E-state index is -0.874. The zero-order valence-corrected chi connectivity index (χ0v) is 12.3. The molecule has 0 aliphatic heterocycles. The molecule has 4 heteroatoms. The average Bonchev–Trinajstić information content (AvgIpc) is 2.70. The first-order valence-corrected chi connectivity index (χ1v) is 7.02. The van der Waals surface area contributed by atoms with Crippen molar-refractivity contribution < 1.29 is 9.90 Å². The SMILES string of the molecule is Cc1cc2cc(C(=O)O)cc(C(C)C)c2n1CCCN. The summed E-state index contributed by atoms with van der Waals surface area (Å²) in [4.78, 5) is 11.3. The molecule has 0 saturated carbocycles. The summed E-state index contributed by atoms with van der Waals surface area (Å²) in [6.45, 7) is 7.77. The summed E-state index contributed by atoms with van der Waals surface area (Å²) in [5.41, 5.74) is 9.36. The Morgan fingerprint density at radius 3 is 2.60 bits per heavy atom. The number of aromatic carboxylic acids is 1. The Morgan fingerprint density at radius 1 is 1.35 bits per heavy atom. The van der Waals surface area contributed by atoms with Crippen molar-refractivity contribution in [3.8, 4) is 0 Å². The molecule has 0 unspecified atom stereocenters. The number of carboxylic acids is 1. The largest absolute Gasteiger partial charge is 0.478 e. The lowest BCUT2D eigenvalue weighted by Crippen LogP contribution is -2.08. The van der Waals surface area contributed by atoms with Gasteiger partial charge in [-0.3, -0.25) is 0 Å². The lowest BCUT2D eigenvalue weighted by atomic mass is 9.97. The Hall–Kier alpha value is -1.81. The number of nitrogens with two attached hydrogens (primary N) is 1. The first-order chi connectivity index (χ1) is 9.45. The van der Waals surface area contributed by atoms with Crippen LogP contribution in [0.2, 0.25) is 0 Å². The zero-order valence-electron chi connectivity index (χ0n) is 12.3. The minimum Gasteiger partial charge on any atom is -0.478 e. The molecule has 0 fully saturated rings. The van der Waals surface area contributed by atoms with Gasteiger partial charge in [-0.15, -0.1) is 0 Å². The Labute approximate surface area is 119 Å². The Bertz CT molecular complexity index is 641. The van der Waals surface area contributed by atoms with Crippen LogP contribution in [0.5, 0.6) is 0 Å². The van der Waals surface area contributed by atoms with Crippen LogP contribution in [-0.4, -0.2) is 22.2 Å². The lowest BCUT2D eigenvalue weighted by molar-refractivity contribution is 0.0697. The van der Waals surface area contributed by atoms with Gasteiger partial charge in [0.25, 0.3) is 0 Å². The standard InChI is InChI=1S/C16H22N2O2/c1-10(2)14-9-13(16(19)20)8-12-7-11(3)18(15(12)14)6-4-5-17/h7-10H,4-6,17H2,1-3H3,(H,19,20). The van der Waals surface area contributed by atoms with Gasteiger partial charge in [0.15, 0.2) is 0 Å². The van der Waals surface area contributed by atoms with E-state index in [1.54, 1.807) is 12.1 Å².